The maximum absolute atomic E-state index is 12.6. The number of hydrogen-bond acceptors (Lipinski definition) is 2. The number of likely N-dealkylation sites (tertiary alicyclic amines) is 1. The van der Waals surface area contributed by atoms with Gasteiger partial charge in [0.05, 0.1) is 18.1 Å². The molecule has 1 saturated heterocycles. The number of aliphatic hydroxyl groups excluding tert-OH is 1. The van der Waals surface area contributed by atoms with Gasteiger partial charge in [0.15, 0.2) is 0 Å². The summed E-state index contributed by atoms with van der Waals surface area (Å²) in [7, 11) is 0. The van der Waals surface area contributed by atoms with Crippen molar-refractivity contribution in [2.24, 2.45) is 0 Å². The fourth-order valence-corrected chi connectivity index (χ4v) is 2.48. The van der Waals surface area contributed by atoms with Crippen molar-refractivity contribution < 1.29 is 23.1 Å². The topological polar surface area (TPSA) is 40.5 Å². The normalized spacial score (nSPS) is 23.1. The van der Waals surface area contributed by atoms with Gasteiger partial charge in [-0.3, -0.25) is 4.79 Å². The van der Waals surface area contributed by atoms with Crippen molar-refractivity contribution in [3.05, 3.63) is 35.4 Å². The van der Waals surface area contributed by atoms with Gasteiger partial charge in [-0.25, -0.2) is 0 Å². The number of hydrogen-bond donors (Lipinski definition) is 1. The lowest BCUT2D eigenvalue weighted by molar-refractivity contribution is -0.138. The van der Waals surface area contributed by atoms with Crippen molar-refractivity contribution in [3.63, 3.8) is 0 Å². The third-order valence-corrected chi connectivity index (χ3v) is 3.48. The van der Waals surface area contributed by atoms with E-state index in [9.17, 15) is 23.1 Å². The highest BCUT2D eigenvalue weighted by molar-refractivity contribution is 5.79. The van der Waals surface area contributed by atoms with Crippen molar-refractivity contribution in [2.45, 2.75) is 38.1 Å². The summed E-state index contributed by atoms with van der Waals surface area (Å²) in [4.78, 5) is 13.6. The second kappa shape index (κ2) is 5.44. The van der Waals surface area contributed by atoms with Crippen molar-refractivity contribution in [2.75, 3.05) is 6.54 Å². The molecule has 1 aromatic carbocycles. The highest BCUT2D eigenvalue weighted by Gasteiger charge is 2.32. The summed E-state index contributed by atoms with van der Waals surface area (Å²) in [6.07, 6.45) is -4.53. The standard InChI is InChI=1S/C14H16F3NO2/c1-9-5-12(19)8-18(9)13(20)7-10-3-2-4-11(6-10)14(15,16)17/h2-4,6,9,12,19H,5,7-8H2,1H3. The molecule has 0 bridgehead atoms. The molecule has 2 atom stereocenters. The lowest BCUT2D eigenvalue weighted by Crippen LogP contribution is -2.35. The minimum atomic E-state index is -4.41. The van der Waals surface area contributed by atoms with Crippen LogP contribution in [0.5, 0.6) is 0 Å². The zero-order chi connectivity index (χ0) is 14.9. The molecular weight excluding hydrogens is 271 g/mol. The minimum absolute atomic E-state index is 0.0803. The van der Waals surface area contributed by atoms with Gasteiger partial charge in [-0.2, -0.15) is 13.2 Å². The third kappa shape index (κ3) is 3.30. The summed E-state index contributed by atoms with van der Waals surface area (Å²) in [5.74, 6) is -0.256. The first kappa shape index (κ1) is 14.8. The lowest BCUT2D eigenvalue weighted by atomic mass is 10.1. The van der Waals surface area contributed by atoms with E-state index in [1.54, 1.807) is 0 Å². The molecule has 1 heterocycles. The van der Waals surface area contributed by atoms with Gasteiger partial charge in [0, 0.05) is 12.6 Å². The van der Waals surface area contributed by atoms with E-state index in [1.165, 1.54) is 17.0 Å². The van der Waals surface area contributed by atoms with Crippen LogP contribution in [0.4, 0.5) is 13.2 Å². The van der Waals surface area contributed by atoms with Crippen LogP contribution in [0.15, 0.2) is 24.3 Å². The highest BCUT2D eigenvalue weighted by atomic mass is 19.4. The molecule has 0 saturated carbocycles. The van der Waals surface area contributed by atoms with Crippen molar-refractivity contribution >= 4 is 5.91 Å². The predicted octanol–water partition coefficient (Wildman–Crippen LogP) is 2.23. The second-order valence-corrected chi connectivity index (χ2v) is 5.16. The monoisotopic (exact) mass is 287 g/mol. The van der Waals surface area contributed by atoms with Gasteiger partial charge in [-0.1, -0.05) is 18.2 Å². The van der Waals surface area contributed by atoms with Gasteiger partial charge >= 0.3 is 6.18 Å². The Morgan fingerprint density at radius 1 is 1.45 bits per heavy atom. The molecule has 1 aromatic rings. The second-order valence-electron chi connectivity index (χ2n) is 5.16. The van der Waals surface area contributed by atoms with E-state index < -0.39 is 17.8 Å². The summed E-state index contributed by atoms with van der Waals surface area (Å²) in [5.41, 5.74) is -0.421. The van der Waals surface area contributed by atoms with Gasteiger partial charge in [-0.15, -0.1) is 0 Å². The molecular formula is C14H16F3NO2. The molecule has 6 heteroatoms. The average molecular weight is 287 g/mol. The van der Waals surface area contributed by atoms with Gasteiger partial charge < -0.3 is 10.0 Å². The molecule has 2 unspecified atom stereocenters. The van der Waals surface area contributed by atoms with Crippen LogP contribution in [0.25, 0.3) is 0 Å². The average Bonchev–Trinajstić information content (AvgIpc) is 2.68. The van der Waals surface area contributed by atoms with Crippen molar-refractivity contribution in [3.8, 4) is 0 Å². The Morgan fingerprint density at radius 3 is 2.70 bits per heavy atom. The van der Waals surface area contributed by atoms with E-state index in [2.05, 4.69) is 0 Å². The number of β-amino-alcohol motifs (C(OH)–C–C–N with tert-alkyl or cyclic N) is 1. The number of rotatable bonds is 2. The van der Waals surface area contributed by atoms with Gasteiger partial charge in [0.1, 0.15) is 0 Å². The number of benzene rings is 1. The fourth-order valence-electron chi connectivity index (χ4n) is 2.48. The first-order valence-electron chi connectivity index (χ1n) is 6.41. The molecule has 1 aliphatic rings. The van der Waals surface area contributed by atoms with E-state index in [1.807, 2.05) is 6.92 Å². The molecule has 1 amide bonds. The number of carbonyl (C=O) groups excluding carboxylic acids is 1. The SMILES string of the molecule is CC1CC(O)CN1C(=O)Cc1cccc(C(F)(F)F)c1. The van der Waals surface area contributed by atoms with Crippen LogP contribution >= 0.6 is 0 Å². The Balaban J connectivity index is 2.09. The van der Waals surface area contributed by atoms with E-state index in [4.69, 9.17) is 0 Å². The van der Waals surface area contributed by atoms with E-state index in [-0.39, 0.29) is 24.9 Å². The summed E-state index contributed by atoms with van der Waals surface area (Å²) < 4.78 is 37.8. The minimum Gasteiger partial charge on any atom is -0.391 e. The number of nitrogens with zero attached hydrogens (tertiary/aromatic N) is 1. The molecule has 20 heavy (non-hydrogen) atoms. The van der Waals surface area contributed by atoms with Crippen LogP contribution in [0.3, 0.4) is 0 Å². The van der Waals surface area contributed by atoms with Gasteiger partial charge in [0.2, 0.25) is 5.91 Å². The fraction of sp³-hybridized carbons (Fsp3) is 0.500. The lowest BCUT2D eigenvalue weighted by Gasteiger charge is -2.21. The maximum Gasteiger partial charge on any atom is 0.416 e. The van der Waals surface area contributed by atoms with E-state index in [0.717, 1.165) is 12.1 Å². The Bertz CT molecular complexity index is 501. The molecule has 1 fully saturated rings. The molecule has 0 aromatic heterocycles. The predicted molar refractivity (Wildman–Crippen MR) is 66.9 cm³/mol. The van der Waals surface area contributed by atoms with Gasteiger partial charge in [0.25, 0.3) is 0 Å². The summed E-state index contributed by atoms with van der Waals surface area (Å²) in [6, 6.07) is 4.70. The Hall–Kier alpha value is -1.56. The summed E-state index contributed by atoms with van der Waals surface area (Å²) in [5, 5.41) is 9.49. The molecule has 2 rings (SSSR count). The van der Waals surface area contributed by atoms with E-state index >= 15 is 0 Å². The van der Waals surface area contributed by atoms with Crippen LogP contribution in [0.1, 0.15) is 24.5 Å². The number of aliphatic hydroxyl groups is 1. The number of alkyl halides is 3. The van der Waals surface area contributed by atoms with Crippen molar-refractivity contribution in [1.82, 2.24) is 4.90 Å². The number of amides is 1. The Labute approximate surface area is 115 Å². The van der Waals surface area contributed by atoms with Crippen LogP contribution in [-0.4, -0.2) is 34.6 Å². The number of halogens is 3. The third-order valence-electron chi connectivity index (χ3n) is 3.48. The van der Waals surface area contributed by atoms with Crippen molar-refractivity contribution in [1.29, 1.82) is 0 Å². The molecule has 1 N–H and O–H groups in total. The Morgan fingerprint density at radius 2 is 2.15 bits per heavy atom. The summed E-state index contributed by atoms with van der Waals surface area (Å²) >= 11 is 0. The quantitative estimate of drug-likeness (QED) is 0.906. The largest absolute Gasteiger partial charge is 0.416 e. The molecule has 1 aliphatic heterocycles. The molecule has 0 aliphatic carbocycles. The molecule has 0 spiro atoms. The molecule has 3 nitrogen and oxygen atoms in total. The molecule has 110 valence electrons. The summed E-state index contributed by atoms with van der Waals surface area (Å²) in [6.45, 7) is 2.07. The van der Waals surface area contributed by atoms with Crippen LogP contribution in [0.2, 0.25) is 0 Å². The highest BCUT2D eigenvalue weighted by Crippen LogP contribution is 2.29. The van der Waals surface area contributed by atoms with Crippen LogP contribution in [0, 0.1) is 0 Å². The Kier molecular flexibility index (Phi) is 4.04. The first-order valence-corrected chi connectivity index (χ1v) is 6.41. The van der Waals surface area contributed by atoms with Gasteiger partial charge in [-0.05, 0) is 25.0 Å². The van der Waals surface area contributed by atoms with E-state index in [0.29, 0.717) is 12.0 Å². The first-order chi connectivity index (χ1) is 9.27. The zero-order valence-electron chi connectivity index (χ0n) is 11.0. The zero-order valence-corrected chi connectivity index (χ0v) is 11.0. The van der Waals surface area contributed by atoms with Crippen LogP contribution in [-0.2, 0) is 17.4 Å². The molecule has 0 radical (unpaired) electrons. The van der Waals surface area contributed by atoms with Crippen LogP contribution < -0.4 is 0 Å². The maximum atomic E-state index is 12.6. The number of carbonyl (C=O) groups is 1. The smallest absolute Gasteiger partial charge is 0.391 e.